The highest BCUT2D eigenvalue weighted by Crippen LogP contribution is 2.08. The third-order valence-electron chi connectivity index (χ3n) is 2.20. The van der Waals surface area contributed by atoms with Crippen LogP contribution in [0.1, 0.15) is 12.5 Å². The zero-order chi connectivity index (χ0) is 12.1. The summed E-state index contributed by atoms with van der Waals surface area (Å²) in [5.74, 6) is -4.13. The SMILES string of the molecule is CC(=O)C(C(=O)O)C(=O)Cc1ccccc1. The number of carboxylic acids is 1. The first kappa shape index (κ1) is 12.1. The fourth-order valence-electron chi connectivity index (χ4n) is 1.44. The van der Waals surface area contributed by atoms with Gasteiger partial charge in [-0.25, -0.2) is 0 Å². The van der Waals surface area contributed by atoms with Crippen molar-refractivity contribution in [3.05, 3.63) is 35.9 Å². The van der Waals surface area contributed by atoms with Crippen LogP contribution in [0.5, 0.6) is 0 Å². The second kappa shape index (κ2) is 5.21. The zero-order valence-corrected chi connectivity index (χ0v) is 8.84. The normalized spacial score (nSPS) is 11.8. The van der Waals surface area contributed by atoms with Crippen molar-refractivity contribution < 1.29 is 19.5 Å². The van der Waals surface area contributed by atoms with E-state index in [9.17, 15) is 14.4 Å². The molecule has 0 spiro atoms. The van der Waals surface area contributed by atoms with Gasteiger partial charge in [-0.2, -0.15) is 0 Å². The minimum absolute atomic E-state index is 0.0304. The quantitative estimate of drug-likeness (QED) is 0.754. The lowest BCUT2D eigenvalue weighted by atomic mass is 9.95. The van der Waals surface area contributed by atoms with Crippen molar-refractivity contribution in [3.8, 4) is 0 Å². The Morgan fingerprint density at radius 3 is 2.19 bits per heavy atom. The molecule has 1 N–H and O–H groups in total. The van der Waals surface area contributed by atoms with Gasteiger partial charge in [-0.3, -0.25) is 14.4 Å². The molecule has 1 atom stereocenters. The summed E-state index contributed by atoms with van der Waals surface area (Å²) in [4.78, 5) is 33.3. The van der Waals surface area contributed by atoms with Gasteiger partial charge in [0.05, 0.1) is 0 Å². The number of carbonyl (C=O) groups excluding carboxylic acids is 2. The van der Waals surface area contributed by atoms with Crippen LogP contribution in [-0.2, 0) is 20.8 Å². The van der Waals surface area contributed by atoms with Gasteiger partial charge in [0.15, 0.2) is 17.5 Å². The summed E-state index contributed by atoms with van der Waals surface area (Å²) in [7, 11) is 0. The molecule has 0 fully saturated rings. The summed E-state index contributed by atoms with van der Waals surface area (Å²) >= 11 is 0. The number of benzene rings is 1. The maximum atomic E-state index is 11.6. The predicted octanol–water partition coefficient (Wildman–Crippen LogP) is 1.09. The van der Waals surface area contributed by atoms with Gasteiger partial charge in [-0.15, -0.1) is 0 Å². The fourth-order valence-corrected chi connectivity index (χ4v) is 1.44. The number of hydrogen-bond donors (Lipinski definition) is 1. The highest BCUT2D eigenvalue weighted by molar-refractivity contribution is 6.16. The van der Waals surface area contributed by atoms with E-state index in [1.807, 2.05) is 0 Å². The molecule has 0 aliphatic carbocycles. The highest BCUT2D eigenvalue weighted by Gasteiger charge is 2.30. The van der Waals surface area contributed by atoms with Gasteiger partial charge >= 0.3 is 5.97 Å². The molecule has 1 aromatic carbocycles. The summed E-state index contributed by atoms with van der Waals surface area (Å²) in [5.41, 5.74) is 0.708. The summed E-state index contributed by atoms with van der Waals surface area (Å²) in [5, 5.41) is 8.75. The van der Waals surface area contributed by atoms with Crippen molar-refractivity contribution in [2.45, 2.75) is 13.3 Å². The molecular formula is C12H12O4. The molecule has 0 aromatic heterocycles. The monoisotopic (exact) mass is 220 g/mol. The number of hydrogen-bond acceptors (Lipinski definition) is 3. The molecule has 0 radical (unpaired) electrons. The largest absolute Gasteiger partial charge is 0.480 e. The van der Waals surface area contributed by atoms with Crippen molar-refractivity contribution in [2.75, 3.05) is 0 Å². The van der Waals surface area contributed by atoms with E-state index in [2.05, 4.69) is 0 Å². The van der Waals surface area contributed by atoms with E-state index < -0.39 is 23.5 Å². The van der Waals surface area contributed by atoms with Crippen molar-refractivity contribution in [3.63, 3.8) is 0 Å². The number of ketones is 2. The van der Waals surface area contributed by atoms with E-state index >= 15 is 0 Å². The average molecular weight is 220 g/mol. The molecule has 0 aliphatic rings. The summed E-state index contributed by atoms with van der Waals surface area (Å²) < 4.78 is 0. The molecule has 0 heterocycles. The number of aliphatic carboxylic acids is 1. The van der Waals surface area contributed by atoms with Crippen molar-refractivity contribution >= 4 is 17.5 Å². The Balaban J connectivity index is 2.78. The molecule has 16 heavy (non-hydrogen) atoms. The number of Topliss-reactive ketones (excluding diaryl/α,β-unsaturated/α-hetero) is 2. The summed E-state index contributed by atoms with van der Waals surface area (Å²) in [6.07, 6.45) is -0.0304. The molecule has 4 nitrogen and oxygen atoms in total. The van der Waals surface area contributed by atoms with E-state index in [1.165, 1.54) is 0 Å². The summed E-state index contributed by atoms with van der Waals surface area (Å²) in [6.45, 7) is 1.11. The van der Waals surface area contributed by atoms with E-state index in [-0.39, 0.29) is 6.42 Å². The first-order chi connectivity index (χ1) is 7.52. The van der Waals surface area contributed by atoms with E-state index in [0.29, 0.717) is 5.56 Å². The third-order valence-corrected chi connectivity index (χ3v) is 2.20. The Morgan fingerprint density at radius 1 is 1.19 bits per heavy atom. The zero-order valence-electron chi connectivity index (χ0n) is 8.84. The standard InChI is InChI=1S/C12H12O4/c1-8(13)11(12(15)16)10(14)7-9-5-3-2-4-6-9/h2-6,11H,7H2,1H3,(H,15,16). The minimum atomic E-state index is -1.54. The van der Waals surface area contributed by atoms with Crippen LogP contribution in [0.2, 0.25) is 0 Å². The van der Waals surface area contributed by atoms with E-state index in [0.717, 1.165) is 6.92 Å². The smallest absolute Gasteiger partial charge is 0.321 e. The van der Waals surface area contributed by atoms with Gasteiger partial charge in [-0.05, 0) is 12.5 Å². The Kier molecular flexibility index (Phi) is 3.94. The fraction of sp³-hybridized carbons (Fsp3) is 0.250. The number of carbonyl (C=O) groups is 3. The van der Waals surface area contributed by atoms with Crippen LogP contribution in [0.25, 0.3) is 0 Å². The lowest BCUT2D eigenvalue weighted by Crippen LogP contribution is -2.31. The van der Waals surface area contributed by atoms with Gasteiger partial charge < -0.3 is 5.11 Å². The van der Waals surface area contributed by atoms with Crippen molar-refractivity contribution in [1.29, 1.82) is 0 Å². The van der Waals surface area contributed by atoms with Crippen LogP contribution in [0, 0.1) is 5.92 Å². The highest BCUT2D eigenvalue weighted by atomic mass is 16.4. The molecular weight excluding hydrogens is 208 g/mol. The molecule has 1 unspecified atom stereocenters. The topological polar surface area (TPSA) is 71.4 Å². The van der Waals surface area contributed by atoms with Crippen LogP contribution >= 0.6 is 0 Å². The van der Waals surface area contributed by atoms with E-state index in [1.54, 1.807) is 30.3 Å². The molecule has 0 bridgehead atoms. The van der Waals surface area contributed by atoms with Crippen molar-refractivity contribution in [2.24, 2.45) is 5.92 Å². The maximum absolute atomic E-state index is 11.6. The van der Waals surface area contributed by atoms with Crippen LogP contribution in [0.15, 0.2) is 30.3 Å². The average Bonchev–Trinajstić information content (AvgIpc) is 2.17. The minimum Gasteiger partial charge on any atom is -0.480 e. The molecule has 1 rings (SSSR count). The van der Waals surface area contributed by atoms with Crippen LogP contribution < -0.4 is 0 Å². The second-order valence-electron chi connectivity index (χ2n) is 3.51. The Labute approximate surface area is 92.9 Å². The van der Waals surface area contributed by atoms with Gasteiger partial charge in [-0.1, -0.05) is 30.3 Å². The van der Waals surface area contributed by atoms with Gasteiger partial charge in [0.1, 0.15) is 0 Å². The van der Waals surface area contributed by atoms with Crippen LogP contribution in [0.3, 0.4) is 0 Å². The molecule has 0 aliphatic heterocycles. The molecule has 84 valence electrons. The molecule has 0 saturated carbocycles. The van der Waals surface area contributed by atoms with Crippen LogP contribution in [-0.4, -0.2) is 22.6 Å². The van der Waals surface area contributed by atoms with E-state index in [4.69, 9.17) is 5.11 Å². The first-order valence-corrected chi connectivity index (χ1v) is 4.82. The Bertz CT molecular complexity index is 394. The molecule has 0 saturated heterocycles. The third kappa shape index (κ3) is 3.02. The van der Waals surface area contributed by atoms with Crippen molar-refractivity contribution in [1.82, 2.24) is 0 Å². The maximum Gasteiger partial charge on any atom is 0.321 e. The number of rotatable bonds is 5. The number of carboxylic acid groups (broad SMARTS) is 1. The van der Waals surface area contributed by atoms with Crippen LogP contribution in [0.4, 0.5) is 0 Å². The second-order valence-corrected chi connectivity index (χ2v) is 3.51. The Hall–Kier alpha value is -1.97. The molecule has 4 heteroatoms. The molecule has 0 amide bonds. The predicted molar refractivity (Wildman–Crippen MR) is 57.0 cm³/mol. The lowest BCUT2D eigenvalue weighted by Gasteiger charge is -2.07. The first-order valence-electron chi connectivity index (χ1n) is 4.82. The van der Waals surface area contributed by atoms with Gasteiger partial charge in [0.25, 0.3) is 0 Å². The van der Waals surface area contributed by atoms with Gasteiger partial charge in [0, 0.05) is 6.42 Å². The van der Waals surface area contributed by atoms with Gasteiger partial charge in [0.2, 0.25) is 0 Å². The Morgan fingerprint density at radius 2 is 1.75 bits per heavy atom. The molecule has 1 aromatic rings. The lowest BCUT2D eigenvalue weighted by molar-refractivity contribution is -0.149. The summed E-state index contributed by atoms with van der Waals surface area (Å²) in [6, 6.07) is 8.75.